The molecule has 130 valence electrons. The smallest absolute Gasteiger partial charge is 0.320 e. The minimum absolute atomic E-state index is 0.206. The third-order valence-electron chi connectivity index (χ3n) is 3.62. The molecule has 3 aromatic rings. The first kappa shape index (κ1) is 16.7. The number of fused-ring (bicyclic) bond motifs is 1. The predicted octanol–water partition coefficient (Wildman–Crippen LogP) is 2.21. The van der Waals surface area contributed by atoms with Crippen molar-refractivity contribution in [2.45, 2.75) is 13.0 Å². The summed E-state index contributed by atoms with van der Waals surface area (Å²) in [5.41, 5.74) is 1.52. The van der Waals surface area contributed by atoms with E-state index >= 15 is 0 Å². The number of benzene rings is 1. The zero-order chi connectivity index (χ0) is 17.6. The molecule has 1 atom stereocenters. The van der Waals surface area contributed by atoms with Gasteiger partial charge in [-0.15, -0.1) is 5.10 Å². The van der Waals surface area contributed by atoms with Crippen molar-refractivity contribution in [3.63, 3.8) is 0 Å². The summed E-state index contributed by atoms with van der Waals surface area (Å²) >= 11 is 0. The fourth-order valence-electron chi connectivity index (χ4n) is 2.44. The summed E-state index contributed by atoms with van der Waals surface area (Å²) in [7, 11) is 0. The second kappa shape index (κ2) is 7.63. The van der Waals surface area contributed by atoms with E-state index in [2.05, 4.69) is 25.8 Å². The number of nitrogens with zero attached hydrogens (tertiary/aromatic N) is 2. The largest absolute Gasteiger partial charge is 0.476 e. The van der Waals surface area contributed by atoms with Crippen molar-refractivity contribution < 1.29 is 14.6 Å². The number of hydrogen-bond acceptors (Lipinski definition) is 5. The van der Waals surface area contributed by atoms with Crippen LogP contribution >= 0.6 is 0 Å². The number of carbonyl (C=O) groups excluding carboxylic acids is 1. The van der Waals surface area contributed by atoms with Crippen molar-refractivity contribution >= 4 is 22.8 Å². The number of carbonyl (C=O) groups is 1. The summed E-state index contributed by atoms with van der Waals surface area (Å²) < 4.78 is 5.39. The second-order valence-corrected chi connectivity index (χ2v) is 5.32. The predicted molar refractivity (Wildman–Crippen MR) is 93.5 cm³/mol. The molecule has 25 heavy (non-hydrogen) atoms. The molecule has 8 nitrogen and oxygen atoms in total. The Hall–Kier alpha value is -3.13. The molecule has 0 saturated carbocycles. The van der Waals surface area contributed by atoms with E-state index in [-0.39, 0.29) is 6.61 Å². The molecule has 1 aromatic carbocycles. The van der Waals surface area contributed by atoms with E-state index in [1.165, 1.54) is 0 Å². The van der Waals surface area contributed by atoms with Crippen LogP contribution in [0.5, 0.6) is 5.88 Å². The van der Waals surface area contributed by atoms with Crippen molar-refractivity contribution in [2.24, 2.45) is 0 Å². The van der Waals surface area contributed by atoms with Crippen LogP contribution in [-0.2, 0) is 0 Å². The molecule has 4 N–H and O–H groups in total. The molecule has 2 heterocycles. The Morgan fingerprint density at radius 3 is 2.88 bits per heavy atom. The topological polar surface area (TPSA) is 112 Å². The van der Waals surface area contributed by atoms with E-state index < -0.39 is 12.1 Å². The number of amides is 2. The fraction of sp³-hybridized carbons (Fsp3) is 0.235. The number of nitrogens with one attached hydrogen (secondary N) is 3. The molecule has 0 aliphatic carbocycles. The Balaban J connectivity index is 1.69. The van der Waals surface area contributed by atoms with Crippen molar-refractivity contribution in [2.75, 3.05) is 18.5 Å². The number of aliphatic hydroxyl groups is 1. The van der Waals surface area contributed by atoms with Crippen molar-refractivity contribution in [1.29, 1.82) is 0 Å². The number of aromatic nitrogens is 3. The van der Waals surface area contributed by atoms with E-state index in [1.54, 1.807) is 12.3 Å². The lowest BCUT2D eigenvalue weighted by Crippen LogP contribution is -2.34. The van der Waals surface area contributed by atoms with Gasteiger partial charge in [0.15, 0.2) is 0 Å². The number of ether oxygens (including phenoxy) is 1. The molecule has 0 aliphatic heterocycles. The van der Waals surface area contributed by atoms with Gasteiger partial charge in [-0.25, -0.2) is 9.78 Å². The van der Waals surface area contributed by atoms with Gasteiger partial charge in [-0.1, -0.05) is 30.3 Å². The Morgan fingerprint density at radius 2 is 2.16 bits per heavy atom. The second-order valence-electron chi connectivity index (χ2n) is 5.32. The summed E-state index contributed by atoms with van der Waals surface area (Å²) in [6.45, 7) is 2.17. The number of H-pyrrole nitrogens is 1. The molecule has 0 fully saturated rings. The van der Waals surface area contributed by atoms with Crippen LogP contribution in [0, 0.1) is 0 Å². The average Bonchev–Trinajstić information content (AvgIpc) is 3.03. The monoisotopic (exact) mass is 341 g/mol. The first-order chi connectivity index (χ1) is 12.2. The van der Waals surface area contributed by atoms with Crippen molar-refractivity contribution in [1.82, 2.24) is 20.5 Å². The van der Waals surface area contributed by atoms with Crippen LogP contribution in [-0.4, -0.2) is 39.5 Å². The van der Waals surface area contributed by atoms with Gasteiger partial charge in [0.25, 0.3) is 0 Å². The van der Waals surface area contributed by atoms with Crippen LogP contribution in [0.15, 0.2) is 42.6 Å². The maximum atomic E-state index is 12.2. The third-order valence-corrected chi connectivity index (χ3v) is 3.62. The Morgan fingerprint density at radius 1 is 1.36 bits per heavy atom. The third kappa shape index (κ3) is 3.86. The molecule has 2 aromatic heterocycles. The highest BCUT2D eigenvalue weighted by molar-refractivity contribution is 5.92. The highest BCUT2D eigenvalue weighted by Crippen LogP contribution is 2.23. The molecule has 1 unspecified atom stereocenters. The van der Waals surface area contributed by atoms with Gasteiger partial charge in [-0.05, 0) is 12.5 Å². The van der Waals surface area contributed by atoms with Crippen LogP contribution in [0.4, 0.5) is 10.6 Å². The van der Waals surface area contributed by atoms with Gasteiger partial charge < -0.3 is 15.2 Å². The van der Waals surface area contributed by atoms with Gasteiger partial charge in [0.1, 0.15) is 5.82 Å². The lowest BCUT2D eigenvalue weighted by Gasteiger charge is -2.17. The zero-order valence-corrected chi connectivity index (χ0v) is 13.7. The number of anilines is 1. The Labute approximate surface area is 144 Å². The van der Waals surface area contributed by atoms with Crippen LogP contribution in [0.3, 0.4) is 0 Å². The van der Waals surface area contributed by atoms with Crippen LogP contribution < -0.4 is 15.4 Å². The summed E-state index contributed by atoms with van der Waals surface area (Å²) in [6, 6.07) is 9.96. The summed E-state index contributed by atoms with van der Waals surface area (Å²) in [6.07, 6.45) is 1.58. The van der Waals surface area contributed by atoms with Crippen LogP contribution in [0.1, 0.15) is 18.5 Å². The molecule has 0 aliphatic rings. The average molecular weight is 341 g/mol. The van der Waals surface area contributed by atoms with E-state index in [1.807, 2.05) is 37.3 Å². The number of pyridine rings is 1. The van der Waals surface area contributed by atoms with E-state index in [0.29, 0.717) is 23.8 Å². The SMILES string of the molecule is CCOc1n[nH]c2cc(NC(=O)NC(CO)c3ccccc3)ncc12. The van der Waals surface area contributed by atoms with Gasteiger partial charge in [0.2, 0.25) is 5.88 Å². The number of rotatable bonds is 6. The quantitative estimate of drug-likeness (QED) is 0.549. The van der Waals surface area contributed by atoms with Gasteiger partial charge in [0.05, 0.1) is 30.2 Å². The summed E-state index contributed by atoms with van der Waals surface area (Å²) in [4.78, 5) is 16.4. The highest BCUT2D eigenvalue weighted by Gasteiger charge is 2.14. The molecule has 0 radical (unpaired) electrons. The zero-order valence-electron chi connectivity index (χ0n) is 13.7. The molecule has 0 spiro atoms. The van der Waals surface area contributed by atoms with Crippen molar-refractivity contribution in [3.8, 4) is 5.88 Å². The number of hydrogen-bond donors (Lipinski definition) is 4. The van der Waals surface area contributed by atoms with Gasteiger partial charge in [0, 0.05) is 12.3 Å². The molecule has 0 bridgehead atoms. The summed E-state index contributed by atoms with van der Waals surface area (Å²) in [5, 5.41) is 22.5. The minimum atomic E-state index is -0.498. The highest BCUT2D eigenvalue weighted by atomic mass is 16.5. The number of aromatic amines is 1. The van der Waals surface area contributed by atoms with E-state index in [9.17, 15) is 9.90 Å². The molecular weight excluding hydrogens is 322 g/mol. The fourth-order valence-corrected chi connectivity index (χ4v) is 2.44. The van der Waals surface area contributed by atoms with E-state index in [4.69, 9.17) is 4.74 Å². The lowest BCUT2D eigenvalue weighted by atomic mass is 10.1. The standard InChI is InChI=1S/C17H19N5O3/c1-2-25-16-12-9-18-15(8-13(12)21-22-16)20-17(24)19-14(10-23)11-6-4-3-5-7-11/h3-9,14,23H,2,10H2,1H3,(H,21,22)(H2,18,19,20,24). The molecule has 0 saturated heterocycles. The van der Waals surface area contributed by atoms with Gasteiger partial charge >= 0.3 is 6.03 Å². The van der Waals surface area contributed by atoms with E-state index in [0.717, 1.165) is 10.9 Å². The normalized spacial score (nSPS) is 11.9. The van der Waals surface area contributed by atoms with Crippen LogP contribution in [0.2, 0.25) is 0 Å². The Bertz CT molecular complexity index is 850. The summed E-state index contributed by atoms with van der Waals surface area (Å²) in [5.74, 6) is 0.840. The first-order valence-corrected chi connectivity index (χ1v) is 7.91. The molecule has 2 amide bonds. The Kier molecular flexibility index (Phi) is 5.10. The lowest BCUT2D eigenvalue weighted by molar-refractivity contribution is 0.225. The first-order valence-electron chi connectivity index (χ1n) is 7.91. The van der Waals surface area contributed by atoms with Crippen molar-refractivity contribution in [3.05, 3.63) is 48.2 Å². The number of aliphatic hydroxyl groups excluding tert-OH is 1. The maximum Gasteiger partial charge on any atom is 0.320 e. The molecule has 8 heteroatoms. The van der Waals surface area contributed by atoms with Gasteiger partial charge in [-0.3, -0.25) is 10.4 Å². The molecule has 3 rings (SSSR count). The van der Waals surface area contributed by atoms with Gasteiger partial charge in [-0.2, -0.15) is 0 Å². The minimum Gasteiger partial charge on any atom is -0.476 e. The maximum absolute atomic E-state index is 12.2. The molecular formula is C17H19N5O3. The number of urea groups is 1. The van der Waals surface area contributed by atoms with Crippen LogP contribution in [0.25, 0.3) is 10.9 Å².